The number of aliphatic hydroxyl groups excluding tert-OH is 4. The van der Waals surface area contributed by atoms with Gasteiger partial charge in [-0.15, -0.1) is 0 Å². The third-order valence-corrected chi connectivity index (χ3v) is 8.86. The van der Waals surface area contributed by atoms with E-state index in [0.29, 0.717) is 0 Å². The molecule has 7 rings (SSSR count). The van der Waals surface area contributed by atoms with Gasteiger partial charge in [0.05, 0.1) is 11.7 Å². The molecule has 3 saturated carbocycles. The smallest absolute Gasteiger partial charge is 0.338 e. The Hall–Kier alpha value is -3.66. The Morgan fingerprint density at radius 2 is 1.67 bits per heavy atom. The highest BCUT2D eigenvalue weighted by atomic mass is 16.7. The van der Waals surface area contributed by atoms with Crippen LogP contribution in [-0.2, 0) is 23.7 Å². The molecule has 5 aliphatic rings. The summed E-state index contributed by atoms with van der Waals surface area (Å²) in [5.74, 6) is -4.31. The van der Waals surface area contributed by atoms with Crippen molar-refractivity contribution in [3.63, 3.8) is 0 Å². The minimum Gasteiger partial charge on any atom is -0.504 e. The van der Waals surface area contributed by atoms with Crippen molar-refractivity contribution in [2.24, 2.45) is 11.3 Å². The lowest BCUT2D eigenvalue weighted by atomic mass is 9.44. The van der Waals surface area contributed by atoms with Gasteiger partial charge in [0, 0.05) is 24.5 Å². The summed E-state index contributed by atoms with van der Waals surface area (Å²) in [7, 11) is 0. The molecule has 0 spiro atoms. The zero-order valence-corrected chi connectivity index (χ0v) is 22.0. The Labute approximate surface area is 238 Å². The first-order chi connectivity index (χ1) is 20.0. The lowest BCUT2D eigenvalue weighted by Crippen LogP contribution is -2.77. The first-order valence-corrected chi connectivity index (χ1v) is 13.3. The van der Waals surface area contributed by atoms with Gasteiger partial charge in [-0.05, 0) is 18.6 Å². The number of phenolic OH excluding ortho intramolecular Hbond substituents is 3. The zero-order valence-electron chi connectivity index (χ0n) is 22.0. The molecule has 2 aromatic carbocycles. The van der Waals surface area contributed by atoms with Crippen LogP contribution in [0.4, 0.5) is 0 Å². The van der Waals surface area contributed by atoms with Gasteiger partial charge >= 0.3 is 11.9 Å². The van der Waals surface area contributed by atoms with Gasteiger partial charge in [-0.3, -0.25) is 4.79 Å². The van der Waals surface area contributed by atoms with Crippen molar-refractivity contribution in [3.8, 4) is 23.0 Å². The summed E-state index contributed by atoms with van der Waals surface area (Å²) in [6, 6.07) is 10.1. The Morgan fingerprint density at radius 3 is 2.36 bits per heavy atom. The number of aliphatic hydroxyl groups is 4. The van der Waals surface area contributed by atoms with E-state index in [1.54, 1.807) is 30.3 Å². The van der Waals surface area contributed by atoms with Crippen molar-refractivity contribution in [1.29, 1.82) is 0 Å². The molecule has 3 aliphatic carbocycles. The van der Waals surface area contributed by atoms with E-state index in [2.05, 4.69) is 0 Å². The van der Waals surface area contributed by atoms with Crippen LogP contribution in [0.1, 0.15) is 23.2 Å². The molecule has 14 heteroatoms. The van der Waals surface area contributed by atoms with E-state index in [-0.39, 0.29) is 24.2 Å². The van der Waals surface area contributed by atoms with Crippen LogP contribution < -0.4 is 4.74 Å². The molecule has 10 unspecified atom stereocenters. The topological polar surface area (TPSA) is 222 Å². The fourth-order valence-electron chi connectivity index (χ4n) is 6.58. The first-order valence-electron chi connectivity index (χ1n) is 13.3. The summed E-state index contributed by atoms with van der Waals surface area (Å²) < 4.78 is 28.6. The fraction of sp³-hybridized carbons (Fsp3) is 0.500. The van der Waals surface area contributed by atoms with Crippen molar-refractivity contribution in [2.45, 2.75) is 61.4 Å². The fourth-order valence-corrected chi connectivity index (χ4v) is 6.58. The molecular formula is C28H30O14. The molecule has 4 bridgehead atoms. The number of ether oxygens (including phenoxy) is 5. The Bertz CT molecular complexity index is 1340. The van der Waals surface area contributed by atoms with Gasteiger partial charge in [0.2, 0.25) is 5.75 Å². The van der Waals surface area contributed by atoms with E-state index >= 15 is 0 Å². The minimum absolute atomic E-state index is 0.0269. The molecule has 10 atom stereocenters. The molecule has 14 nitrogen and oxygen atoms in total. The maximum absolute atomic E-state index is 13.3. The molecule has 0 amide bonds. The molecule has 226 valence electrons. The second kappa shape index (κ2) is 10.3. The highest BCUT2D eigenvalue weighted by Crippen LogP contribution is 2.69. The highest BCUT2D eigenvalue weighted by molar-refractivity contribution is 5.90. The van der Waals surface area contributed by atoms with E-state index in [0.717, 1.165) is 12.1 Å². The molecule has 42 heavy (non-hydrogen) atoms. The van der Waals surface area contributed by atoms with E-state index in [1.165, 1.54) is 0 Å². The van der Waals surface area contributed by atoms with Crippen molar-refractivity contribution in [2.75, 3.05) is 13.2 Å². The number of aromatic hydroxyl groups is 3. The second-order valence-corrected chi connectivity index (χ2v) is 11.1. The zero-order chi connectivity index (χ0) is 30.0. The summed E-state index contributed by atoms with van der Waals surface area (Å²) in [4.78, 5) is 26.0. The number of phenols is 3. The van der Waals surface area contributed by atoms with Crippen LogP contribution in [0.3, 0.4) is 0 Å². The summed E-state index contributed by atoms with van der Waals surface area (Å²) >= 11 is 0. The van der Waals surface area contributed by atoms with Crippen molar-refractivity contribution >= 4 is 11.9 Å². The quantitative estimate of drug-likeness (QED) is 0.149. The molecule has 5 fully saturated rings. The number of carbonyl (C=O) groups is 2. The monoisotopic (exact) mass is 590 g/mol. The maximum Gasteiger partial charge on any atom is 0.338 e. The lowest BCUT2D eigenvalue weighted by molar-refractivity contribution is -0.380. The second-order valence-electron chi connectivity index (χ2n) is 11.1. The molecule has 2 aliphatic heterocycles. The van der Waals surface area contributed by atoms with Gasteiger partial charge in [-0.2, -0.15) is 0 Å². The predicted octanol–water partition coefficient (Wildman–Crippen LogP) is -0.702. The third-order valence-electron chi connectivity index (χ3n) is 8.86. The summed E-state index contributed by atoms with van der Waals surface area (Å²) in [6.07, 6.45) is -9.94. The predicted molar refractivity (Wildman–Crippen MR) is 135 cm³/mol. The van der Waals surface area contributed by atoms with E-state index in [4.69, 9.17) is 23.7 Å². The average Bonchev–Trinajstić information content (AvgIpc) is 3.06. The van der Waals surface area contributed by atoms with Crippen molar-refractivity contribution in [1.82, 2.24) is 0 Å². The van der Waals surface area contributed by atoms with Gasteiger partial charge in [0.25, 0.3) is 0 Å². The maximum atomic E-state index is 13.3. The summed E-state index contributed by atoms with van der Waals surface area (Å²) in [6.45, 7) is -0.937. The molecule has 0 radical (unpaired) electrons. The summed E-state index contributed by atoms with van der Waals surface area (Å²) in [5.41, 5.74) is -2.85. The van der Waals surface area contributed by atoms with Crippen LogP contribution in [-0.4, -0.2) is 109 Å². The van der Waals surface area contributed by atoms with Gasteiger partial charge < -0.3 is 59.4 Å². The Morgan fingerprint density at radius 1 is 0.976 bits per heavy atom. The van der Waals surface area contributed by atoms with E-state index in [9.17, 15) is 45.3 Å². The highest BCUT2D eigenvalue weighted by Gasteiger charge is 2.84. The number of hydrogen-bond donors (Lipinski definition) is 7. The number of esters is 2. The van der Waals surface area contributed by atoms with Crippen LogP contribution in [0.5, 0.6) is 23.0 Å². The molecule has 2 saturated heterocycles. The van der Waals surface area contributed by atoms with E-state index < -0.39 is 102 Å². The van der Waals surface area contributed by atoms with Crippen LogP contribution in [0.2, 0.25) is 0 Å². The van der Waals surface area contributed by atoms with Gasteiger partial charge in [-0.25, -0.2) is 4.79 Å². The minimum atomic E-state index is -1.78. The number of hydrogen-bond acceptors (Lipinski definition) is 14. The molecule has 2 heterocycles. The molecule has 0 aromatic heterocycles. The van der Waals surface area contributed by atoms with Crippen LogP contribution >= 0.6 is 0 Å². The Balaban J connectivity index is 1.22. The van der Waals surface area contributed by atoms with Gasteiger partial charge in [-0.1, -0.05) is 18.2 Å². The van der Waals surface area contributed by atoms with E-state index in [1.807, 2.05) is 0 Å². The van der Waals surface area contributed by atoms with Gasteiger partial charge in [0.1, 0.15) is 60.5 Å². The standard InChI is InChI=1S/C28H30O14/c29-15-8-19-28(9-14(15)27(28,26(37)41-19)11-39-24(36)12-4-2-1-3-5-12)42-25-23(35)22(34)21(33)18(40-25)10-38-13-6-16(30)20(32)17(31)7-13/h1-7,14-15,18-19,21-23,25,29-35H,8-11H2. The number of benzene rings is 2. The summed E-state index contributed by atoms with van der Waals surface area (Å²) in [5, 5.41) is 71.6. The average molecular weight is 591 g/mol. The number of fused-ring (bicyclic) bond motifs is 1. The molecule has 2 aromatic rings. The SMILES string of the molecule is O=C(OCC12C(=O)OC3CC(O)C1CC32OC1OC(COc2cc(O)c(O)c(O)c2)C(O)C(O)C1O)c1ccccc1. The van der Waals surface area contributed by atoms with Crippen LogP contribution in [0.25, 0.3) is 0 Å². The van der Waals surface area contributed by atoms with Crippen molar-refractivity contribution < 1.29 is 69.0 Å². The first kappa shape index (κ1) is 28.5. The van der Waals surface area contributed by atoms with Crippen LogP contribution in [0, 0.1) is 11.3 Å². The number of rotatable bonds is 8. The van der Waals surface area contributed by atoms with Crippen LogP contribution in [0.15, 0.2) is 42.5 Å². The Kier molecular flexibility index (Phi) is 6.95. The van der Waals surface area contributed by atoms with Crippen molar-refractivity contribution in [3.05, 3.63) is 48.0 Å². The number of carbonyl (C=O) groups excluding carboxylic acids is 2. The molecular weight excluding hydrogens is 560 g/mol. The lowest BCUT2D eigenvalue weighted by Gasteiger charge is -2.63. The molecule has 7 N–H and O–H groups in total. The van der Waals surface area contributed by atoms with Gasteiger partial charge in [0.15, 0.2) is 17.8 Å². The normalized spacial score (nSPS) is 38.3. The largest absolute Gasteiger partial charge is 0.504 e. The third kappa shape index (κ3) is 4.17.